The van der Waals surface area contributed by atoms with Gasteiger partial charge in [0.1, 0.15) is 12.2 Å². The minimum absolute atomic E-state index is 0.441. The van der Waals surface area contributed by atoms with Crippen molar-refractivity contribution in [3.8, 4) is 0 Å². The molecule has 1 aliphatic rings. The lowest BCUT2D eigenvalue weighted by Crippen LogP contribution is -2.60. The SMILES string of the molecule is C[C@@H]1O[C@@H](O)[C@@H](O)[C@H](O)[C@H]1N. The summed E-state index contributed by atoms with van der Waals surface area (Å²) in [5.41, 5.74) is 5.43. The summed E-state index contributed by atoms with van der Waals surface area (Å²) in [6.45, 7) is 1.63. The number of aliphatic hydroxyl groups excluding tert-OH is 3. The van der Waals surface area contributed by atoms with Crippen molar-refractivity contribution in [2.75, 3.05) is 0 Å². The summed E-state index contributed by atoms with van der Waals surface area (Å²) in [6.07, 6.45) is -4.20. The van der Waals surface area contributed by atoms with E-state index in [4.69, 9.17) is 20.7 Å². The minimum Gasteiger partial charge on any atom is -0.388 e. The molecular weight excluding hydrogens is 150 g/mol. The van der Waals surface area contributed by atoms with Crippen molar-refractivity contribution in [2.24, 2.45) is 5.73 Å². The molecule has 5 N–H and O–H groups in total. The van der Waals surface area contributed by atoms with E-state index >= 15 is 0 Å². The summed E-state index contributed by atoms with van der Waals surface area (Å²) < 4.78 is 4.80. The van der Waals surface area contributed by atoms with Crippen molar-refractivity contribution >= 4 is 0 Å². The highest BCUT2D eigenvalue weighted by atomic mass is 16.6. The maximum atomic E-state index is 9.17. The van der Waals surface area contributed by atoms with Crippen molar-refractivity contribution in [1.29, 1.82) is 0 Å². The first-order valence-electron chi connectivity index (χ1n) is 3.49. The van der Waals surface area contributed by atoms with E-state index in [-0.39, 0.29) is 0 Å². The van der Waals surface area contributed by atoms with Gasteiger partial charge >= 0.3 is 0 Å². The maximum absolute atomic E-state index is 9.17. The Labute approximate surface area is 64.4 Å². The van der Waals surface area contributed by atoms with E-state index in [1.807, 2.05) is 0 Å². The molecule has 0 aromatic rings. The van der Waals surface area contributed by atoms with Gasteiger partial charge in [0, 0.05) is 0 Å². The monoisotopic (exact) mass is 163 g/mol. The van der Waals surface area contributed by atoms with E-state index in [0.29, 0.717) is 0 Å². The summed E-state index contributed by atoms with van der Waals surface area (Å²) >= 11 is 0. The molecule has 0 bridgehead atoms. The van der Waals surface area contributed by atoms with Crippen molar-refractivity contribution in [2.45, 2.75) is 37.6 Å². The van der Waals surface area contributed by atoms with Gasteiger partial charge in [-0.15, -0.1) is 0 Å². The zero-order chi connectivity index (χ0) is 8.59. The number of nitrogens with two attached hydrogens (primary N) is 1. The third-order valence-electron chi connectivity index (χ3n) is 1.93. The molecule has 0 spiro atoms. The van der Waals surface area contributed by atoms with Gasteiger partial charge in [-0.25, -0.2) is 0 Å². The number of aliphatic hydroxyl groups is 3. The fraction of sp³-hybridized carbons (Fsp3) is 1.00. The Bertz CT molecular complexity index is 129. The van der Waals surface area contributed by atoms with Crippen LogP contribution in [0.25, 0.3) is 0 Å². The van der Waals surface area contributed by atoms with Crippen LogP contribution in [0.1, 0.15) is 6.92 Å². The molecule has 0 amide bonds. The summed E-state index contributed by atoms with van der Waals surface area (Å²) in [6, 6.07) is -0.645. The summed E-state index contributed by atoms with van der Waals surface area (Å²) in [4.78, 5) is 0. The van der Waals surface area contributed by atoms with Crippen LogP contribution < -0.4 is 5.73 Å². The van der Waals surface area contributed by atoms with Crippen molar-refractivity contribution < 1.29 is 20.1 Å². The third-order valence-corrected chi connectivity index (χ3v) is 1.93. The molecule has 5 nitrogen and oxygen atoms in total. The summed E-state index contributed by atoms with van der Waals surface area (Å²) in [5.74, 6) is 0. The average Bonchev–Trinajstić information content (AvgIpc) is 1.97. The number of rotatable bonds is 0. The molecule has 1 aliphatic heterocycles. The summed E-state index contributed by atoms with van der Waals surface area (Å²) in [5, 5.41) is 27.1. The van der Waals surface area contributed by atoms with Gasteiger partial charge in [0.2, 0.25) is 0 Å². The second-order valence-electron chi connectivity index (χ2n) is 2.79. The number of hydrogen-bond acceptors (Lipinski definition) is 5. The molecule has 0 aromatic carbocycles. The van der Waals surface area contributed by atoms with Crippen LogP contribution in [-0.4, -0.2) is 46.0 Å². The van der Waals surface area contributed by atoms with Crippen LogP contribution in [0.15, 0.2) is 0 Å². The van der Waals surface area contributed by atoms with Crippen LogP contribution in [0.2, 0.25) is 0 Å². The molecule has 5 atom stereocenters. The Hall–Kier alpha value is -0.200. The van der Waals surface area contributed by atoms with Crippen LogP contribution in [0.5, 0.6) is 0 Å². The maximum Gasteiger partial charge on any atom is 0.183 e. The Kier molecular flexibility index (Phi) is 2.46. The molecule has 1 rings (SSSR count). The van der Waals surface area contributed by atoms with Crippen LogP contribution in [0.3, 0.4) is 0 Å². The molecule has 5 heteroatoms. The fourth-order valence-corrected chi connectivity index (χ4v) is 1.07. The van der Waals surface area contributed by atoms with Gasteiger partial charge in [0.15, 0.2) is 6.29 Å². The fourth-order valence-electron chi connectivity index (χ4n) is 1.07. The van der Waals surface area contributed by atoms with Gasteiger partial charge in [-0.05, 0) is 6.92 Å². The largest absolute Gasteiger partial charge is 0.388 e. The molecule has 11 heavy (non-hydrogen) atoms. The zero-order valence-corrected chi connectivity index (χ0v) is 6.21. The molecule has 0 unspecified atom stereocenters. The first-order chi connectivity index (χ1) is 5.04. The van der Waals surface area contributed by atoms with E-state index < -0.39 is 30.6 Å². The normalized spacial score (nSPS) is 52.6. The van der Waals surface area contributed by atoms with Gasteiger partial charge in [-0.3, -0.25) is 0 Å². The molecule has 66 valence electrons. The van der Waals surface area contributed by atoms with Crippen LogP contribution in [0, 0.1) is 0 Å². The van der Waals surface area contributed by atoms with Gasteiger partial charge in [-0.1, -0.05) is 0 Å². The lowest BCUT2D eigenvalue weighted by molar-refractivity contribution is -0.249. The molecule has 0 aromatic heterocycles. The van der Waals surface area contributed by atoms with Crippen molar-refractivity contribution in [3.63, 3.8) is 0 Å². The van der Waals surface area contributed by atoms with Gasteiger partial charge in [0.25, 0.3) is 0 Å². The van der Waals surface area contributed by atoms with E-state index in [1.54, 1.807) is 6.92 Å². The Morgan fingerprint density at radius 2 is 1.73 bits per heavy atom. The molecule has 0 saturated carbocycles. The summed E-state index contributed by atoms with van der Waals surface area (Å²) in [7, 11) is 0. The molecule has 1 heterocycles. The smallest absolute Gasteiger partial charge is 0.183 e. The zero-order valence-electron chi connectivity index (χ0n) is 6.21. The highest BCUT2D eigenvalue weighted by Crippen LogP contribution is 2.17. The first-order valence-corrected chi connectivity index (χ1v) is 3.49. The van der Waals surface area contributed by atoms with E-state index in [1.165, 1.54) is 0 Å². The van der Waals surface area contributed by atoms with Gasteiger partial charge in [0.05, 0.1) is 12.1 Å². The van der Waals surface area contributed by atoms with E-state index in [2.05, 4.69) is 0 Å². The van der Waals surface area contributed by atoms with Gasteiger partial charge in [-0.2, -0.15) is 0 Å². The Balaban J connectivity index is 2.63. The molecular formula is C6H13NO4. The molecule has 1 saturated heterocycles. The van der Waals surface area contributed by atoms with E-state index in [9.17, 15) is 5.11 Å². The topological polar surface area (TPSA) is 95.9 Å². The highest BCUT2D eigenvalue weighted by Gasteiger charge is 2.39. The number of ether oxygens (including phenoxy) is 1. The lowest BCUT2D eigenvalue weighted by Gasteiger charge is -2.37. The first kappa shape index (κ1) is 8.89. The molecule has 1 fully saturated rings. The standard InChI is InChI=1S/C6H13NO4/c1-2-3(7)4(8)5(9)6(10)11-2/h2-6,8-10H,7H2,1H3/t2-,3-,4+,5-,6+/m0/s1. The Morgan fingerprint density at radius 1 is 1.18 bits per heavy atom. The Morgan fingerprint density at radius 3 is 2.27 bits per heavy atom. The van der Waals surface area contributed by atoms with Crippen molar-refractivity contribution in [3.05, 3.63) is 0 Å². The lowest BCUT2D eigenvalue weighted by atomic mass is 9.98. The number of hydrogen-bond donors (Lipinski definition) is 4. The molecule has 0 aliphatic carbocycles. The quantitative estimate of drug-likeness (QED) is 0.324. The van der Waals surface area contributed by atoms with E-state index in [0.717, 1.165) is 0 Å². The van der Waals surface area contributed by atoms with Gasteiger partial charge < -0.3 is 25.8 Å². The second kappa shape index (κ2) is 3.04. The predicted molar refractivity (Wildman–Crippen MR) is 36.5 cm³/mol. The third kappa shape index (κ3) is 1.52. The van der Waals surface area contributed by atoms with Crippen LogP contribution in [0.4, 0.5) is 0 Å². The minimum atomic E-state index is -1.33. The average molecular weight is 163 g/mol. The van der Waals surface area contributed by atoms with Crippen LogP contribution >= 0.6 is 0 Å². The molecule has 0 radical (unpaired) electrons. The van der Waals surface area contributed by atoms with Crippen LogP contribution in [-0.2, 0) is 4.74 Å². The predicted octanol–water partition coefficient (Wildman–Crippen LogP) is -2.23. The highest BCUT2D eigenvalue weighted by molar-refractivity contribution is 4.89. The van der Waals surface area contributed by atoms with Crippen molar-refractivity contribution in [1.82, 2.24) is 0 Å². The second-order valence-corrected chi connectivity index (χ2v) is 2.79.